The van der Waals surface area contributed by atoms with Crippen molar-refractivity contribution < 1.29 is 13.2 Å². The lowest BCUT2D eigenvalue weighted by Crippen LogP contribution is -2.35. The quantitative estimate of drug-likeness (QED) is 0.755. The largest absolute Gasteiger partial charge is 0.339 e. The van der Waals surface area contributed by atoms with Gasteiger partial charge in [0.25, 0.3) is 5.91 Å². The summed E-state index contributed by atoms with van der Waals surface area (Å²) < 4.78 is 25.8. The Balaban J connectivity index is 1.78. The van der Waals surface area contributed by atoms with Crippen LogP contribution >= 0.6 is 11.6 Å². The zero-order valence-electron chi connectivity index (χ0n) is 15.3. The van der Waals surface area contributed by atoms with Crippen molar-refractivity contribution in [2.24, 2.45) is 0 Å². The summed E-state index contributed by atoms with van der Waals surface area (Å²) in [5, 5.41) is 0.476. The number of hydrogen-bond donors (Lipinski definition) is 0. The summed E-state index contributed by atoms with van der Waals surface area (Å²) >= 11 is 6.01. The van der Waals surface area contributed by atoms with Crippen molar-refractivity contribution in [3.63, 3.8) is 0 Å². The van der Waals surface area contributed by atoms with E-state index in [2.05, 4.69) is 0 Å². The summed E-state index contributed by atoms with van der Waals surface area (Å²) in [7, 11) is -3.48. The van der Waals surface area contributed by atoms with E-state index in [9.17, 15) is 13.2 Å². The third-order valence-corrected chi connectivity index (χ3v) is 6.04. The molecular formula is C20H23ClN2O3S. The standard InChI is InChI=1S/C20H23ClN2O3S/c1-27(25,26)23(19-7-5-6-18(21)14-19)15-16-8-10-17(11-9-16)20(24)22-12-3-2-4-13-22/h5-11,14H,2-4,12-13,15H2,1H3. The van der Waals surface area contributed by atoms with E-state index in [1.165, 1.54) is 17.0 Å². The maximum atomic E-state index is 12.6. The Morgan fingerprint density at radius 2 is 1.74 bits per heavy atom. The Morgan fingerprint density at radius 3 is 2.33 bits per heavy atom. The number of amides is 1. The first-order valence-electron chi connectivity index (χ1n) is 8.96. The summed E-state index contributed by atoms with van der Waals surface area (Å²) in [5.74, 6) is 0.0380. The first kappa shape index (κ1) is 19.7. The molecule has 144 valence electrons. The molecule has 7 heteroatoms. The molecule has 0 N–H and O–H groups in total. The molecule has 1 aliphatic heterocycles. The highest BCUT2D eigenvalue weighted by atomic mass is 35.5. The topological polar surface area (TPSA) is 57.7 Å². The molecule has 0 spiro atoms. The maximum absolute atomic E-state index is 12.6. The second-order valence-electron chi connectivity index (χ2n) is 6.80. The van der Waals surface area contributed by atoms with E-state index in [1.807, 2.05) is 4.90 Å². The van der Waals surface area contributed by atoms with Crippen molar-refractivity contribution >= 4 is 33.2 Å². The average Bonchev–Trinajstić information content (AvgIpc) is 2.66. The number of anilines is 1. The molecule has 27 heavy (non-hydrogen) atoms. The number of halogens is 1. The number of benzene rings is 2. The summed E-state index contributed by atoms with van der Waals surface area (Å²) in [6.07, 6.45) is 4.44. The number of carbonyl (C=O) groups excluding carboxylic acids is 1. The Kier molecular flexibility index (Phi) is 6.07. The number of likely N-dealkylation sites (tertiary alicyclic amines) is 1. The van der Waals surface area contributed by atoms with Gasteiger partial charge in [-0.1, -0.05) is 29.8 Å². The molecule has 2 aromatic rings. The van der Waals surface area contributed by atoms with E-state index in [1.54, 1.807) is 48.5 Å². The lowest BCUT2D eigenvalue weighted by Gasteiger charge is -2.27. The lowest BCUT2D eigenvalue weighted by atomic mass is 10.1. The average molecular weight is 407 g/mol. The van der Waals surface area contributed by atoms with E-state index in [0.29, 0.717) is 16.3 Å². The second-order valence-corrected chi connectivity index (χ2v) is 9.14. The van der Waals surface area contributed by atoms with Crippen LogP contribution < -0.4 is 4.31 Å². The normalized spacial score (nSPS) is 14.8. The molecule has 1 aliphatic rings. The molecule has 0 radical (unpaired) electrons. The molecule has 1 fully saturated rings. The summed E-state index contributed by atoms with van der Waals surface area (Å²) in [5.41, 5.74) is 1.95. The molecule has 1 amide bonds. The number of hydrogen-bond acceptors (Lipinski definition) is 3. The van der Waals surface area contributed by atoms with Crippen LogP contribution in [0.2, 0.25) is 5.02 Å². The highest BCUT2D eigenvalue weighted by Crippen LogP contribution is 2.24. The minimum Gasteiger partial charge on any atom is -0.339 e. The summed E-state index contributed by atoms with van der Waals surface area (Å²) in [6.45, 7) is 1.78. The smallest absolute Gasteiger partial charge is 0.253 e. The predicted octanol–water partition coefficient (Wildman–Crippen LogP) is 3.93. The Labute approximate surface area is 165 Å². The van der Waals surface area contributed by atoms with Crippen LogP contribution in [-0.4, -0.2) is 38.6 Å². The lowest BCUT2D eigenvalue weighted by molar-refractivity contribution is 0.0724. The number of nitrogens with zero attached hydrogens (tertiary/aromatic N) is 2. The van der Waals surface area contributed by atoms with Gasteiger partial charge in [-0.2, -0.15) is 0 Å². The van der Waals surface area contributed by atoms with E-state index < -0.39 is 10.0 Å². The van der Waals surface area contributed by atoms with Gasteiger partial charge < -0.3 is 4.90 Å². The predicted molar refractivity (Wildman–Crippen MR) is 109 cm³/mol. The van der Waals surface area contributed by atoms with Gasteiger partial charge in [0.2, 0.25) is 10.0 Å². The monoisotopic (exact) mass is 406 g/mol. The Morgan fingerprint density at radius 1 is 1.07 bits per heavy atom. The molecular weight excluding hydrogens is 384 g/mol. The molecule has 5 nitrogen and oxygen atoms in total. The fourth-order valence-corrected chi connectivity index (χ4v) is 4.29. The molecule has 0 bridgehead atoms. The van der Waals surface area contributed by atoms with Crippen molar-refractivity contribution in [3.05, 3.63) is 64.7 Å². The fraction of sp³-hybridized carbons (Fsp3) is 0.350. The molecule has 0 aromatic heterocycles. The van der Waals surface area contributed by atoms with Crippen molar-refractivity contribution in [2.75, 3.05) is 23.7 Å². The number of rotatable bonds is 5. The third kappa shape index (κ3) is 5.02. The third-order valence-electron chi connectivity index (χ3n) is 4.67. The molecule has 2 aromatic carbocycles. The van der Waals surface area contributed by atoms with Crippen LogP contribution in [-0.2, 0) is 16.6 Å². The highest BCUT2D eigenvalue weighted by molar-refractivity contribution is 7.92. The summed E-state index contributed by atoms with van der Waals surface area (Å²) in [6, 6.07) is 13.9. The SMILES string of the molecule is CS(=O)(=O)N(Cc1ccc(C(=O)N2CCCCC2)cc1)c1cccc(Cl)c1. The fourth-order valence-electron chi connectivity index (χ4n) is 3.23. The molecule has 1 heterocycles. The molecule has 1 saturated heterocycles. The number of sulfonamides is 1. The van der Waals surface area contributed by atoms with Crippen molar-refractivity contribution in [3.8, 4) is 0 Å². The number of carbonyl (C=O) groups is 1. The molecule has 0 saturated carbocycles. The van der Waals surface area contributed by atoms with Gasteiger partial charge in [0.1, 0.15) is 0 Å². The van der Waals surface area contributed by atoms with E-state index in [4.69, 9.17) is 11.6 Å². The zero-order chi connectivity index (χ0) is 19.4. The van der Waals surface area contributed by atoms with Crippen LogP contribution in [0.4, 0.5) is 5.69 Å². The highest BCUT2D eigenvalue weighted by Gasteiger charge is 2.20. The van der Waals surface area contributed by atoms with Gasteiger partial charge in [0.05, 0.1) is 18.5 Å². The minimum absolute atomic E-state index is 0.0380. The van der Waals surface area contributed by atoms with Crippen LogP contribution in [0, 0.1) is 0 Å². The molecule has 0 unspecified atom stereocenters. The second kappa shape index (κ2) is 8.31. The molecule has 0 aliphatic carbocycles. The summed E-state index contributed by atoms with van der Waals surface area (Å²) in [4.78, 5) is 14.4. The van der Waals surface area contributed by atoms with E-state index >= 15 is 0 Å². The van der Waals surface area contributed by atoms with Gasteiger partial charge in [-0.3, -0.25) is 9.10 Å². The van der Waals surface area contributed by atoms with Gasteiger partial charge in [0.15, 0.2) is 0 Å². The van der Waals surface area contributed by atoms with Gasteiger partial charge >= 0.3 is 0 Å². The minimum atomic E-state index is -3.48. The van der Waals surface area contributed by atoms with Crippen molar-refractivity contribution in [1.82, 2.24) is 4.90 Å². The van der Waals surface area contributed by atoms with Crippen molar-refractivity contribution in [2.45, 2.75) is 25.8 Å². The van der Waals surface area contributed by atoms with E-state index in [0.717, 1.165) is 31.5 Å². The maximum Gasteiger partial charge on any atom is 0.253 e. The van der Waals surface area contributed by atoms with Gasteiger partial charge in [-0.05, 0) is 55.2 Å². The number of piperidine rings is 1. The van der Waals surface area contributed by atoms with Crippen LogP contribution in [0.3, 0.4) is 0 Å². The van der Waals surface area contributed by atoms with Crippen LogP contribution in [0.25, 0.3) is 0 Å². The van der Waals surface area contributed by atoms with E-state index in [-0.39, 0.29) is 12.5 Å². The Bertz CT molecular complexity index is 907. The Hall–Kier alpha value is -2.05. The van der Waals surface area contributed by atoms with Gasteiger partial charge in [-0.15, -0.1) is 0 Å². The van der Waals surface area contributed by atoms with Crippen LogP contribution in [0.5, 0.6) is 0 Å². The van der Waals surface area contributed by atoms with Crippen LogP contribution in [0.1, 0.15) is 35.2 Å². The first-order valence-corrected chi connectivity index (χ1v) is 11.2. The van der Waals surface area contributed by atoms with Gasteiger partial charge in [0, 0.05) is 23.7 Å². The van der Waals surface area contributed by atoms with Crippen LogP contribution in [0.15, 0.2) is 48.5 Å². The molecule has 0 atom stereocenters. The van der Waals surface area contributed by atoms with Crippen molar-refractivity contribution in [1.29, 1.82) is 0 Å². The zero-order valence-corrected chi connectivity index (χ0v) is 16.8. The van der Waals surface area contributed by atoms with Gasteiger partial charge in [-0.25, -0.2) is 8.42 Å². The molecule has 3 rings (SSSR count). The first-order chi connectivity index (χ1) is 12.8.